The molecular formula is C21H21F3N4O. The van der Waals surface area contributed by atoms with Gasteiger partial charge in [0.1, 0.15) is 5.82 Å². The van der Waals surface area contributed by atoms with Crippen LogP contribution in [0.5, 0.6) is 0 Å². The number of rotatable bonds is 6. The zero-order chi connectivity index (χ0) is 21.0. The molecule has 0 radical (unpaired) electrons. The molecule has 29 heavy (non-hydrogen) atoms. The summed E-state index contributed by atoms with van der Waals surface area (Å²) in [6, 6.07) is 10.4. The smallest absolute Gasteiger partial charge is 0.315 e. The number of amides is 2. The molecule has 0 aliphatic rings. The summed E-state index contributed by atoms with van der Waals surface area (Å²) in [5.41, 5.74) is 2.28. The van der Waals surface area contributed by atoms with E-state index < -0.39 is 29.5 Å². The van der Waals surface area contributed by atoms with Crippen LogP contribution < -0.4 is 10.6 Å². The molecule has 0 bridgehead atoms. The standard InChI is InChI=1S/C21H21F3N4O/c1-13(15-9-17(22)20(24)18(23)10-15)27-21(29)26-12-19-25-11-16(28(19)2)8-14-6-4-3-5-7-14/h3-7,9-11,13H,8,12H2,1-2H3,(H2,26,27,29). The first kappa shape index (κ1) is 20.4. The van der Waals surface area contributed by atoms with Crippen LogP contribution in [0.2, 0.25) is 0 Å². The molecule has 152 valence electrons. The van der Waals surface area contributed by atoms with Crippen LogP contribution in [0.1, 0.15) is 35.6 Å². The average Bonchev–Trinajstić information content (AvgIpc) is 3.04. The molecule has 2 amide bonds. The van der Waals surface area contributed by atoms with Crippen molar-refractivity contribution in [2.75, 3.05) is 0 Å². The first-order valence-electron chi connectivity index (χ1n) is 9.07. The number of imidazole rings is 1. The van der Waals surface area contributed by atoms with E-state index in [1.54, 1.807) is 13.1 Å². The number of hydrogen-bond donors (Lipinski definition) is 2. The molecular weight excluding hydrogens is 381 g/mol. The van der Waals surface area contributed by atoms with Crippen LogP contribution in [-0.2, 0) is 20.0 Å². The van der Waals surface area contributed by atoms with Gasteiger partial charge in [0.2, 0.25) is 0 Å². The van der Waals surface area contributed by atoms with Crippen molar-refractivity contribution in [2.24, 2.45) is 7.05 Å². The minimum absolute atomic E-state index is 0.124. The van der Waals surface area contributed by atoms with Crippen LogP contribution >= 0.6 is 0 Å². The molecule has 8 heteroatoms. The van der Waals surface area contributed by atoms with Crippen LogP contribution in [-0.4, -0.2) is 15.6 Å². The van der Waals surface area contributed by atoms with E-state index in [4.69, 9.17) is 0 Å². The van der Waals surface area contributed by atoms with Gasteiger partial charge in [-0.2, -0.15) is 0 Å². The molecule has 0 aliphatic heterocycles. The second-order valence-electron chi connectivity index (χ2n) is 6.73. The van der Waals surface area contributed by atoms with E-state index in [9.17, 15) is 18.0 Å². The maximum Gasteiger partial charge on any atom is 0.315 e. The molecule has 2 N–H and O–H groups in total. The molecule has 0 saturated heterocycles. The highest BCUT2D eigenvalue weighted by atomic mass is 19.2. The second kappa shape index (κ2) is 8.81. The van der Waals surface area contributed by atoms with Crippen LogP contribution in [0.4, 0.5) is 18.0 Å². The van der Waals surface area contributed by atoms with Gasteiger partial charge in [0.05, 0.1) is 12.6 Å². The molecule has 0 spiro atoms. The highest BCUT2D eigenvalue weighted by Gasteiger charge is 2.16. The molecule has 0 saturated carbocycles. The van der Waals surface area contributed by atoms with Crippen molar-refractivity contribution >= 4 is 6.03 Å². The fourth-order valence-electron chi connectivity index (χ4n) is 2.94. The number of urea groups is 1. The number of carbonyl (C=O) groups excluding carboxylic acids is 1. The van der Waals surface area contributed by atoms with Crippen LogP contribution in [0.15, 0.2) is 48.7 Å². The van der Waals surface area contributed by atoms with E-state index in [1.807, 2.05) is 41.9 Å². The number of hydrogen-bond acceptors (Lipinski definition) is 2. The Bertz CT molecular complexity index is 981. The molecule has 1 atom stereocenters. The minimum Gasteiger partial charge on any atom is -0.333 e. The minimum atomic E-state index is -1.54. The highest BCUT2D eigenvalue weighted by molar-refractivity contribution is 5.74. The number of halogens is 3. The van der Waals surface area contributed by atoms with Gasteiger partial charge in [-0.1, -0.05) is 30.3 Å². The van der Waals surface area contributed by atoms with Crippen molar-refractivity contribution in [3.8, 4) is 0 Å². The van der Waals surface area contributed by atoms with E-state index in [-0.39, 0.29) is 12.1 Å². The summed E-state index contributed by atoms with van der Waals surface area (Å²) in [6.45, 7) is 1.72. The van der Waals surface area contributed by atoms with Gasteiger partial charge < -0.3 is 15.2 Å². The summed E-state index contributed by atoms with van der Waals surface area (Å²) < 4.78 is 41.7. The lowest BCUT2D eigenvalue weighted by atomic mass is 10.1. The highest BCUT2D eigenvalue weighted by Crippen LogP contribution is 2.19. The number of carbonyl (C=O) groups is 1. The topological polar surface area (TPSA) is 59.0 Å². The van der Waals surface area contributed by atoms with E-state index in [0.29, 0.717) is 5.82 Å². The Hall–Kier alpha value is -3.29. The molecule has 5 nitrogen and oxygen atoms in total. The maximum atomic E-state index is 13.4. The van der Waals surface area contributed by atoms with Crippen molar-refractivity contribution in [1.82, 2.24) is 20.2 Å². The first-order valence-corrected chi connectivity index (χ1v) is 9.07. The Balaban J connectivity index is 1.57. The molecule has 0 fully saturated rings. The van der Waals surface area contributed by atoms with Crippen molar-refractivity contribution in [2.45, 2.75) is 25.9 Å². The SMILES string of the molecule is CC(NC(=O)NCc1ncc(Cc2ccccc2)n1C)c1cc(F)c(F)c(F)c1. The summed E-state index contributed by atoms with van der Waals surface area (Å²) in [4.78, 5) is 16.5. The Kier molecular flexibility index (Phi) is 6.21. The monoisotopic (exact) mass is 402 g/mol. The van der Waals surface area contributed by atoms with Crippen LogP contribution in [0.3, 0.4) is 0 Å². The third kappa shape index (κ3) is 4.96. The van der Waals surface area contributed by atoms with Gasteiger partial charge in [-0.15, -0.1) is 0 Å². The number of nitrogens with one attached hydrogen (secondary N) is 2. The molecule has 2 aromatic carbocycles. The summed E-state index contributed by atoms with van der Waals surface area (Å²) in [6.07, 6.45) is 2.48. The normalized spacial score (nSPS) is 11.9. The summed E-state index contributed by atoms with van der Waals surface area (Å²) in [5, 5.41) is 5.23. The Labute approximate surface area is 166 Å². The molecule has 1 aromatic heterocycles. The van der Waals surface area contributed by atoms with Crippen LogP contribution in [0, 0.1) is 17.5 Å². The first-order chi connectivity index (χ1) is 13.8. The quantitative estimate of drug-likeness (QED) is 0.613. The third-order valence-electron chi connectivity index (χ3n) is 4.67. The lowest BCUT2D eigenvalue weighted by Crippen LogP contribution is -2.37. The lowest BCUT2D eigenvalue weighted by Gasteiger charge is -2.15. The number of nitrogens with zero attached hydrogens (tertiary/aromatic N) is 2. The van der Waals surface area contributed by atoms with Gasteiger partial charge in [-0.05, 0) is 30.2 Å². The molecule has 3 aromatic rings. The third-order valence-corrected chi connectivity index (χ3v) is 4.67. The van der Waals surface area contributed by atoms with Gasteiger partial charge in [-0.3, -0.25) is 0 Å². The predicted molar refractivity (Wildman–Crippen MR) is 103 cm³/mol. The molecule has 3 rings (SSSR count). The number of aromatic nitrogens is 2. The Morgan fingerprint density at radius 2 is 1.79 bits per heavy atom. The van der Waals surface area contributed by atoms with Crippen molar-refractivity contribution in [3.05, 3.63) is 88.8 Å². The van der Waals surface area contributed by atoms with Crippen molar-refractivity contribution < 1.29 is 18.0 Å². The van der Waals surface area contributed by atoms with E-state index in [0.717, 1.165) is 29.8 Å². The van der Waals surface area contributed by atoms with Gasteiger partial charge in [-0.25, -0.2) is 22.9 Å². The fraction of sp³-hybridized carbons (Fsp3) is 0.238. The van der Waals surface area contributed by atoms with Crippen molar-refractivity contribution in [1.29, 1.82) is 0 Å². The Morgan fingerprint density at radius 3 is 2.45 bits per heavy atom. The largest absolute Gasteiger partial charge is 0.333 e. The van der Waals surface area contributed by atoms with Crippen molar-refractivity contribution in [3.63, 3.8) is 0 Å². The van der Waals surface area contributed by atoms with Gasteiger partial charge in [0.15, 0.2) is 17.5 Å². The molecule has 0 aliphatic carbocycles. The zero-order valence-corrected chi connectivity index (χ0v) is 16.0. The predicted octanol–water partition coefficient (Wildman–Crippen LogP) is 3.99. The zero-order valence-electron chi connectivity index (χ0n) is 16.0. The van der Waals surface area contributed by atoms with Gasteiger partial charge >= 0.3 is 6.03 Å². The van der Waals surface area contributed by atoms with E-state index in [2.05, 4.69) is 15.6 Å². The van der Waals surface area contributed by atoms with Gasteiger partial charge in [0.25, 0.3) is 0 Å². The molecule has 1 unspecified atom stereocenters. The lowest BCUT2D eigenvalue weighted by molar-refractivity contribution is 0.237. The Morgan fingerprint density at radius 1 is 1.14 bits per heavy atom. The second-order valence-corrected chi connectivity index (χ2v) is 6.73. The number of benzene rings is 2. The summed E-state index contributed by atoms with van der Waals surface area (Å²) in [7, 11) is 1.87. The average molecular weight is 402 g/mol. The maximum absolute atomic E-state index is 13.4. The fourth-order valence-corrected chi connectivity index (χ4v) is 2.94. The molecule has 1 heterocycles. The van der Waals surface area contributed by atoms with E-state index >= 15 is 0 Å². The summed E-state index contributed by atoms with van der Waals surface area (Å²) in [5.74, 6) is -3.47. The summed E-state index contributed by atoms with van der Waals surface area (Å²) >= 11 is 0. The van der Waals surface area contributed by atoms with Crippen LogP contribution in [0.25, 0.3) is 0 Å². The van der Waals surface area contributed by atoms with Gasteiger partial charge in [0, 0.05) is 25.4 Å². The van der Waals surface area contributed by atoms with E-state index in [1.165, 1.54) is 0 Å².